The zero-order chi connectivity index (χ0) is 12.0. The van der Waals surface area contributed by atoms with Crippen molar-refractivity contribution < 1.29 is 4.79 Å². The van der Waals surface area contributed by atoms with Crippen LogP contribution in [-0.4, -0.2) is 18.5 Å². The summed E-state index contributed by atoms with van der Waals surface area (Å²) in [7, 11) is 0. The maximum Gasteiger partial charge on any atom is 0.253 e. The first-order chi connectivity index (χ1) is 7.65. The Labute approximate surface area is 97.2 Å². The molecule has 0 spiro atoms. The van der Waals surface area contributed by atoms with E-state index in [2.05, 4.69) is 17.6 Å². The van der Waals surface area contributed by atoms with E-state index in [0.717, 1.165) is 18.7 Å². The number of anilines is 1. The molecule has 0 atom stereocenters. The van der Waals surface area contributed by atoms with Crippen molar-refractivity contribution in [1.82, 2.24) is 5.32 Å². The van der Waals surface area contributed by atoms with Gasteiger partial charge in [0.05, 0.1) is 5.56 Å². The predicted octanol–water partition coefficient (Wildman–Crippen LogP) is 2.65. The second kappa shape index (κ2) is 6.16. The molecule has 1 aromatic carbocycles. The minimum absolute atomic E-state index is 0.0193. The molecule has 1 aromatic rings. The quantitative estimate of drug-likeness (QED) is 0.801. The normalized spacial score (nSPS) is 10.2. The highest BCUT2D eigenvalue weighted by molar-refractivity contribution is 5.99. The van der Waals surface area contributed by atoms with Crippen LogP contribution in [0.25, 0.3) is 0 Å². The van der Waals surface area contributed by atoms with Gasteiger partial charge >= 0.3 is 0 Å². The van der Waals surface area contributed by atoms with Gasteiger partial charge in [-0.1, -0.05) is 19.1 Å². The van der Waals surface area contributed by atoms with Crippen molar-refractivity contribution in [3.63, 3.8) is 0 Å². The van der Waals surface area contributed by atoms with E-state index in [1.54, 1.807) is 0 Å². The molecule has 0 saturated heterocycles. The standard InChI is InChI=1S/C13H20N2O/c1-4-9-14-12-8-6-5-7-11(12)13(16)15-10(2)3/h5-8,10,14H,4,9H2,1-3H3,(H,15,16). The number of carbonyl (C=O) groups excluding carboxylic acids is 1. The van der Waals surface area contributed by atoms with Crippen LogP contribution in [0.4, 0.5) is 5.69 Å². The van der Waals surface area contributed by atoms with Crippen molar-refractivity contribution >= 4 is 11.6 Å². The van der Waals surface area contributed by atoms with Gasteiger partial charge in [0.2, 0.25) is 0 Å². The van der Waals surface area contributed by atoms with Crippen molar-refractivity contribution in [3.05, 3.63) is 29.8 Å². The van der Waals surface area contributed by atoms with Gasteiger partial charge in [0.1, 0.15) is 0 Å². The summed E-state index contributed by atoms with van der Waals surface area (Å²) in [5, 5.41) is 6.15. The maximum absolute atomic E-state index is 11.9. The molecule has 3 heteroatoms. The van der Waals surface area contributed by atoms with Gasteiger partial charge in [-0.3, -0.25) is 4.79 Å². The number of nitrogens with one attached hydrogen (secondary N) is 2. The highest BCUT2D eigenvalue weighted by atomic mass is 16.1. The molecule has 3 nitrogen and oxygen atoms in total. The van der Waals surface area contributed by atoms with Crippen molar-refractivity contribution in [1.29, 1.82) is 0 Å². The molecule has 16 heavy (non-hydrogen) atoms. The van der Waals surface area contributed by atoms with E-state index in [1.165, 1.54) is 0 Å². The third kappa shape index (κ3) is 3.57. The fourth-order valence-electron chi connectivity index (χ4n) is 1.43. The van der Waals surface area contributed by atoms with Gasteiger partial charge in [-0.15, -0.1) is 0 Å². The number of amides is 1. The molecule has 88 valence electrons. The number of hydrogen-bond donors (Lipinski definition) is 2. The van der Waals surface area contributed by atoms with E-state index >= 15 is 0 Å². The zero-order valence-corrected chi connectivity index (χ0v) is 10.2. The van der Waals surface area contributed by atoms with Gasteiger partial charge in [0, 0.05) is 18.3 Å². The molecule has 2 N–H and O–H groups in total. The Balaban J connectivity index is 2.81. The first kappa shape index (κ1) is 12.6. The Hall–Kier alpha value is -1.51. The van der Waals surface area contributed by atoms with Gasteiger partial charge in [0.15, 0.2) is 0 Å². The molecule has 0 saturated carbocycles. The zero-order valence-electron chi connectivity index (χ0n) is 10.2. The lowest BCUT2D eigenvalue weighted by Crippen LogP contribution is -2.30. The topological polar surface area (TPSA) is 41.1 Å². The molecule has 1 amide bonds. The monoisotopic (exact) mass is 220 g/mol. The fraction of sp³-hybridized carbons (Fsp3) is 0.462. The number of rotatable bonds is 5. The Morgan fingerprint density at radius 3 is 2.62 bits per heavy atom. The molecule has 0 fully saturated rings. The molecule has 0 bridgehead atoms. The summed E-state index contributed by atoms with van der Waals surface area (Å²) in [6.45, 7) is 6.90. The number of para-hydroxylation sites is 1. The first-order valence-electron chi connectivity index (χ1n) is 5.79. The largest absolute Gasteiger partial charge is 0.384 e. The van der Waals surface area contributed by atoms with Crippen molar-refractivity contribution in [2.75, 3.05) is 11.9 Å². The van der Waals surface area contributed by atoms with E-state index in [1.807, 2.05) is 38.1 Å². The third-order valence-electron chi connectivity index (χ3n) is 2.16. The summed E-state index contributed by atoms with van der Waals surface area (Å²) in [6, 6.07) is 7.75. The molecular formula is C13H20N2O. The van der Waals surface area contributed by atoms with E-state index in [9.17, 15) is 4.79 Å². The van der Waals surface area contributed by atoms with Crippen LogP contribution in [0.3, 0.4) is 0 Å². The van der Waals surface area contributed by atoms with Crippen molar-refractivity contribution in [3.8, 4) is 0 Å². The van der Waals surface area contributed by atoms with E-state index < -0.39 is 0 Å². The van der Waals surface area contributed by atoms with E-state index in [0.29, 0.717) is 5.56 Å². The van der Waals surface area contributed by atoms with Crippen molar-refractivity contribution in [2.45, 2.75) is 33.2 Å². The highest BCUT2D eigenvalue weighted by Crippen LogP contribution is 2.14. The molecule has 0 radical (unpaired) electrons. The lowest BCUT2D eigenvalue weighted by Gasteiger charge is -2.13. The van der Waals surface area contributed by atoms with Crippen LogP contribution in [0.2, 0.25) is 0 Å². The van der Waals surface area contributed by atoms with E-state index in [4.69, 9.17) is 0 Å². The minimum atomic E-state index is -0.0193. The molecule has 0 aliphatic rings. The number of carbonyl (C=O) groups is 1. The average molecular weight is 220 g/mol. The van der Waals surface area contributed by atoms with Crippen LogP contribution in [0.15, 0.2) is 24.3 Å². The van der Waals surface area contributed by atoms with E-state index in [-0.39, 0.29) is 11.9 Å². The SMILES string of the molecule is CCCNc1ccccc1C(=O)NC(C)C. The summed E-state index contributed by atoms with van der Waals surface area (Å²) in [4.78, 5) is 11.9. The second-order valence-electron chi connectivity index (χ2n) is 4.10. The second-order valence-corrected chi connectivity index (χ2v) is 4.10. The smallest absolute Gasteiger partial charge is 0.253 e. The van der Waals surface area contributed by atoms with Gasteiger partial charge < -0.3 is 10.6 Å². The van der Waals surface area contributed by atoms with Crippen LogP contribution >= 0.6 is 0 Å². The van der Waals surface area contributed by atoms with Gasteiger partial charge in [-0.05, 0) is 32.4 Å². The van der Waals surface area contributed by atoms with Gasteiger partial charge in [-0.25, -0.2) is 0 Å². The summed E-state index contributed by atoms with van der Waals surface area (Å²) < 4.78 is 0. The lowest BCUT2D eigenvalue weighted by molar-refractivity contribution is 0.0944. The maximum atomic E-state index is 11.9. The van der Waals surface area contributed by atoms with Crippen LogP contribution in [0.5, 0.6) is 0 Å². The predicted molar refractivity (Wildman–Crippen MR) is 67.8 cm³/mol. The average Bonchev–Trinajstić information content (AvgIpc) is 2.25. The minimum Gasteiger partial charge on any atom is -0.384 e. The Morgan fingerprint density at radius 1 is 1.31 bits per heavy atom. The molecule has 0 unspecified atom stereocenters. The Bertz CT molecular complexity index is 348. The van der Waals surface area contributed by atoms with Gasteiger partial charge in [0.25, 0.3) is 5.91 Å². The Kier molecular flexibility index (Phi) is 4.83. The third-order valence-corrected chi connectivity index (χ3v) is 2.16. The van der Waals surface area contributed by atoms with Crippen molar-refractivity contribution in [2.24, 2.45) is 0 Å². The molecule has 0 aliphatic heterocycles. The van der Waals surface area contributed by atoms with Gasteiger partial charge in [-0.2, -0.15) is 0 Å². The Morgan fingerprint density at radius 2 is 2.00 bits per heavy atom. The molecular weight excluding hydrogens is 200 g/mol. The number of hydrogen-bond acceptors (Lipinski definition) is 2. The molecule has 0 aromatic heterocycles. The highest BCUT2D eigenvalue weighted by Gasteiger charge is 2.10. The summed E-state index contributed by atoms with van der Waals surface area (Å²) in [5.41, 5.74) is 1.62. The fourth-order valence-corrected chi connectivity index (χ4v) is 1.43. The van der Waals surface area contributed by atoms with Crippen LogP contribution in [0, 0.1) is 0 Å². The summed E-state index contributed by atoms with van der Waals surface area (Å²) in [5.74, 6) is -0.0193. The molecule has 0 heterocycles. The number of benzene rings is 1. The lowest BCUT2D eigenvalue weighted by atomic mass is 10.1. The van der Waals surface area contributed by atoms with Crippen LogP contribution < -0.4 is 10.6 Å². The molecule has 0 aliphatic carbocycles. The summed E-state index contributed by atoms with van der Waals surface area (Å²) in [6.07, 6.45) is 1.04. The first-order valence-corrected chi connectivity index (χ1v) is 5.79. The van der Waals surface area contributed by atoms with Crippen LogP contribution in [0.1, 0.15) is 37.6 Å². The molecule has 1 rings (SSSR count). The summed E-state index contributed by atoms with van der Waals surface area (Å²) >= 11 is 0. The van der Waals surface area contributed by atoms with Crippen LogP contribution in [-0.2, 0) is 0 Å².